The molecular weight excluding hydrogens is 447 g/mol. The van der Waals surface area contributed by atoms with Crippen molar-refractivity contribution in [1.82, 2.24) is 29.5 Å². The van der Waals surface area contributed by atoms with Crippen LogP contribution in [0.25, 0.3) is 16.9 Å². The quantitative estimate of drug-likeness (QED) is 0.537. The maximum absolute atomic E-state index is 14.5. The lowest BCUT2D eigenvalue weighted by Crippen LogP contribution is -2.48. The summed E-state index contributed by atoms with van der Waals surface area (Å²) >= 11 is 0. The zero-order valence-corrected chi connectivity index (χ0v) is 20.7. The maximum Gasteiger partial charge on any atom is 0.250 e. The highest BCUT2D eigenvalue weighted by Gasteiger charge is 2.24. The van der Waals surface area contributed by atoms with Crippen molar-refractivity contribution in [3.8, 4) is 22.8 Å². The van der Waals surface area contributed by atoms with Gasteiger partial charge in [-0.1, -0.05) is 0 Å². The fraction of sp³-hybridized carbons (Fsp3) is 0.500. The fourth-order valence-corrected chi connectivity index (χ4v) is 4.98. The number of fused-ring (bicyclic) bond motifs is 1. The molecule has 5 rings (SSSR count). The molecule has 9 heteroatoms. The van der Waals surface area contributed by atoms with Gasteiger partial charge in [-0.15, -0.1) is 0 Å². The highest BCUT2D eigenvalue weighted by atomic mass is 19.1. The Kier molecular flexibility index (Phi) is 7.08. The molecule has 0 bridgehead atoms. The Bertz CT molecular complexity index is 1170. The van der Waals surface area contributed by atoms with Crippen molar-refractivity contribution < 1.29 is 13.9 Å². The fourth-order valence-electron chi connectivity index (χ4n) is 4.98. The number of hydrogen-bond acceptors (Lipinski definition) is 7. The maximum atomic E-state index is 14.5. The number of pyridine rings is 2. The number of halogens is 1. The second-order valence-electron chi connectivity index (χ2n) is 9.47. The summed E-state index contributed by atoms with van der Waals surface area (Å²) in [4.78, 5) is 13.7. The van der Waals surface area contributed by atoms with Gasteiger partial charge in [0.1, 0.15) is 0 Å². The summed E-state index contributed by atoms with van der Waals surface area (Å²) in [6.45, 7) is 10.9. The summed E-state index contributed by atoms with van der Waals surface area (Å²) in [6, 6.07) is 4.19. The second-order valence-corrected chi connectivity index (χ2v) is 9.47. The summed E-state index contributed by atoms with van der Waals surface area (Å²) in [5.41, 5.74) is 5.75. The molecule has 0 atom stereocenters. The second kappa shape index (κ2) is 10.4. The Balaban J connectivity index is 1.45. The van der Waals surface area contributed by atoms with Gasteiger partial charge in [-0.25, -0.2) is 14.1 Å². The smallest absolute Gasteiger partial charge is 0.250 e. The van der Waals surface area contributed by atoms with Gasteiger partial charge in [-0.2, -0.15) is 5.10 Å². The van der Waals surface area contributed by atoms with Gasteiger partial charge in [0, 0.05) is 74.8 Å². The van der Waals surface area contributed by atoms with E-state index in [1.165, 1.54) is 18.7 Å². The molecule has 0 radical (unpaired) electrons. The summed E-state index contributed by atoms with van der Waals surface area (Å²) in [5, 5.41) is 4.94. The first-order valence-electron chi connectivity index (χ1n) is 12.3. The molecular formula is C26H33FN6O2. The van der Waals surface area contributed by atoms with E-state index in [4.69, 9.17) is 14.6 Å². The van der Waals surface area contributed by atoms with E-state index < -0.39 is 5.82 Å². The Morgan fingerprint density at radius 1 is 1.06 bits per heavy atom. The molecule has 5 heterocycles. The number of nitrogens with zero attached hydrogens (tertiary/aromatic N) is 6. The monoisotopic (exact) mass is 480 g/mol. The Labute approximate surface area is 205 Å². The van der Waals surface area contributed by atoms with E-state index in [9.17, 15) is 4.39 Å². The van der Waals surface area contributed by atoms with Gasteiger partial charge in [0.25, 0.3) is 0 Å². The summed E-state index contributed by atoms with van der Waals surface area (Å²) in [7, 11) is 1.41. The average molecular weight is 481 g/mol. The zero-order chi connectivity index (χ0) is 24.4. The van der Waals surface area contributed by atoms with Crippen LogP contribution in [0.4, 0.5) is 4.39 Å². The van der Waals surface area contributed by atoms with Crippen LogP contribution < -0.4 is 4.74 Å². The lowest BCUT2D eigenvalue weighted by molar-refractivity contribution is 0.104. The molecule has 0 aliphatic carbocycles. The van der Waals surface area contributed by atoms with Crippen LogP contribution in [0.1, 0.15) is 30.7 Å². The van der Waals surface area contributed by atoms with Crippen LogP contribution >= 0.6 is 0 Å². The number of methoxy groups -OCH3 is 1. The Morgan fingerprint density at radius 3 is 2.60 bits per heavy atom. The third kappa shape index (κ3) is 5.07. The van der Waals surface area contributed by atoms with Crippen molar-refractivity contribution in [3.63, 3.8) is 0 Å². The van der Waals surface area contributed by atoms with Crippen molar-refractivity contribution in [2.75, 3.05) is 46.5 Å². The van der Waals surface area contributed by atoms with E-state index >= 15 is 0 Å². The van der Waals surface area contributed by atoms with E-state index in [1.807, 2.05) is 12.4 Å². The van der Waals surface area contributed by atoms with E-state index in [-0.39, 0.29) is 5.88 Å². The lowest BCUT2D eigenvalue weighted by Gasteiger charge is -2.36. The largest absolute Gasteiger partial charge is 0.479 e. The highest BCUT2D eigenvalue weighted by molar-refractivity contribution is 5.65. The van der Waals surface area contributed by atoms with Gasteiger partial charge in [0.05, 0.1) is 43.6 Å². The highest BCUT2D eigenvalue weighted by Crippen LogP contribution is 2.31. The zero-order valence-electron chi connectivity index (χ0n) is 20.7. The molecule has 2 aliphatic rings. The molecule has 0 amide bonds. The van der Waals surface area contributed by atoms with Gasteiger partial charge >= 0.3 is 0 Å². The number of aromatic nitrogens is 4. The standard InChI is InChI=1S/C26H33FN6O2/c1-18(2)32-8-6-31(7-9-32)17-19-12-20(15-28-14-19)25-22-4-10-35-11-5-24(22)33(30-25)21-13-23(27)26(34-3)29-16-21/h12-16,18H,4-11,17H2,1-3H3. The molecule has 8 nitrogen and oxygen atoms in total. The minimum atomic E-state index is -0.512. The number of rotatable bonds is 6. The third-order valence-corrected chi connectivity index (χ3v) is 6.91. The van der Waals surface area contributed by atoms with Crippen LogP contribution in [0.5, 0.6) is 5.88 Å². The van der Waals surface area contributed by atoms with Gasteiger partial charge in [0.15, 0.2) is 5.82 Å². The van der Waals surface area contributed by atoms with Crippen LogP contribution in [-0.2, 0) is 24.1 Å². The molecule has 1 saturated heterocycles. The molecule has 0 saturated carbocycles. The summed E-state index contributed by atoms with van der Waals surface area (Å²) in [6.07, 6.45) is 6.85. The normalized spacial score (nSPS) is 17.4. The first kappa shape index (κ1) is 23.8. The van der Waals surface area contributed by atoms with Gasteiger partial charge in [-0.05, 0) is 31.9 Å². The molecule has 3 aromatic heterocycles. The Hall–Kier alpha value is -2.88. The van der Waals surface area contributed by atoms with Crippen LogP contribution in [-0.4, -0.2) is 82.1 Å². The molecule has 3 aromatic rings. The first-order chi connectivity index (χ1) is 17.0. The Morgan fingerprint density at radius 2 is 1.86 bits per heavy atom. The molecule has 186 valence electrons. The van der Waals surface area contributed by atoms with Crippen molar-refractivity contribution >= 4 is 0 Å². The topological polar surface area (TPSA) is 68.5 Å². The molecule has 0 spiro atoms. The predicted octanol–water partition coefficient (Wildman–Crippen LogP) is 3.12. The van der Waals surface area contributed by atoms with Gasteiger partial charge in [-0.3, -0.25) is 14.8 Å². The van der Waals surface area contributed by atoms with E-state index in [2.05, 4.69) is 39.7 Å². The molecule has 0 N–H and O–H groups in total. The SMILES string of the molecule is COc1ncc(-n2nc(-c3cncc(CN4CCN(C(C)C)CC4)c3)c3c2CCOCC3)cc1F. The molecule has 2 aliphatic heterocycles. The number of ether oxygens (including phenoxy) is 2. The van der Waals surface area contributed by atoms with Crippen LogP contribution in [0.2, 0.25) is 0 Å². The van der Waals surface area contributed by atoms with E-state index in [0.717, 1.165) is 61.7 Å². The molecule has 0 unspecified atom stereocenters. The molecule has 1 fully saturated rings. The first-order valence-corrected chi connectivity index (χ1v) is 12.3. The van der Waals surface area contributed by atoms with Crippen molar-refractivity contribution in [2.45, 2.75) is 39.3 Å². The average Bonchev–Trinajstić information content (AvgIpc) is 3.05. The van der Waals surface area contributed by atoms with Crippen LogP contribution in [0.3, 0.4) is 0 Å². The van der Waals surface area contributed by atoms with Gasteiger partial charge < -0.3 is 9.47 Å². The summed E-state index contributed by atoms with van der Waals surface area (Å²) in [5.74, 6) is -0.538. The van der Waals surface area contributed by atoms with E-state index in [0.29, 0.717) is 31.4 Å². The van der Waals surface area contributed by atoms with Crippen LogP contribution in [0.15, 0.2) is 30.7 Å². The minimum Gasteiger partial charge on any atom is -0.479 e. The number of hydrogen-bond donors (Lipinski definition) is 0. The van der Waals surface area contributed by atoms with Crippen molar-refractivity contribution in [3.05, 3.63) is 53.4 Å². The molecule has 35 heavy (non-hydrogen) atoms. The van der Waals surface area contributed by atoms with Gasteiger partial charge in [0.2, 0.25) is 5.88 Å². The minimum absolute atomic E-state index is 0.0262. The predicted molar refractivity (Wildman–Crippen MR) is 131 cm³/mol. The van der Waals surface area contributed by atoms with E-state index in [1.54, 1.807) is 10.9 Å². The van der Waals surface area contributed by atoms with Crippen molar-refractivity contribution in [2.24, 2.45) is 0 Å². The number of piperazine rings is 1. The third-order valence-electron chi connectivity index (χ3n) is 6.91. The molecule has 0 aromatic carbocycles. The van der Waals surface area contributed by atoms with Crippen LogP contribution in [0, 0.1) is 5.82 Å². The lowest BCUT2D eigenvalue weighted by atomic mass is 10.0. The van der Waals surface area contributed by atoms with Crippen molar-refractivity contribution in [1.29, 1.82) is 0 Å². The summed E-state index contributed by atoms with van der Waals surface area (Å²) < 4.78 is 27.0.